The first-order valence-corrected chi connectivity index (χ1v) is 24.9. The standard InChI is InChI=1S/C52H64F4N8O6/c1-29-5-15-41(63(29)47(65)43(61-49(67)69-3)33-17-21-51(53,54)22-18-33)45-57-27-39(59-45)32-9-7-31(8-10-32)35-11-12-37-26-38(14-13-36(37)25-35)40-28-58-46(60-40)42-16-6-30(2)64(42)48(66)44(62-50(68)70-4)34-19-23-52(55,56)24-20-34/h7-14,25-26,29-30,33-34,39-44H,5-6,15-24,27-28H2,1-4H3,(H,57,59)(H,58,60)(H,61,67)(H,62,68)/t29-,30-,39?,40?,41-,42-,43-,44-/m0/s1. The average Bonchev–Trinajstić information content (AvgIpc) is 4.19. The molecule has 14 nitrogen and oxygen atoms in total. The number of amides is 4. The Morgan fingerprint density at radius 3 is 1.47 bits per heavy atom. The van der Waals surface area contributed by atoms with Gasteiger partial charge in [-0.25, -0.2) is 27.2 Å². The van der Waals surface area contributed by atoms with Gasteiger partial charge in [-0.05, 0) is 122 Å². The van der Waals surface area contributed by atoms with Gasteiger partial charge in [-0.15, -0.1) is 0 Å². The third-order valence-corrected chi connectivity index (χ3v) is 15.8. The van der Waals surface area contributed by atoms with E-state index < -0.39 is 48.0 Å². The van der Waals surface area contributed by atoms with Crippen molar-refractivity contribution in [2.45, 2.75) is 151 Å². The number of alkyl carbamates (subject to hydrolysis) is 2. The van der Waals surface area contributed by atoms with Gasteiger partial charge in [0.1, 0.15) is 23.8 Å². The molecule has 376 valence electrons. The number of aliphatic imine (C=N–C) groups is 2. The molecule has 0 spiro atoms. The van der Waals surface area contributed by atoms with Crippen LogP contribution in [0.25, 0.3) is 21.9 Å². The predicted octanol–water partition coefficient (Wildman–Crippen LogP) is 8.45. The summed E-state index contributed by atoms with van der Waals surface area (Å²) in [7, 11) is 2.44. The third kappa shape index (κ3) is 10.3. The molecule has 0 bridgehead atoms. The van der Waals surface area contributed by atoms with E-state index in [1.807, 2.05) is 13.8 Å². The number of halogens is 4. The summed E-state index contributed by atoms with van der Waals surface area (Å²) in [4.78, 5) is 66.6. The molecule has 2 saturated carbocycles. The second-order valence-electron chi connectivity index (χ2n) is 20.3. The van der Waals surface area contributed by atoms with Crippen LogP contribution in [0.15, 0.2) is 70.6 Å². The van der Waals surface area contributed by atoms with E-state index in [1.165, 1.54) is 14.2 Å². The largest absolute Gasteiger partial charge is 0.453 e. The number of ether oxygens (including phenoxy) is 2. The quantitative estimate of drug-likeness (QED) is 0.139. The molecule has 4 aliphatic heterocycles. The molecule has 4 amide bonds. The Labute approximate surface area is 405 Å². The molecule has 0 aromatic heterocycles. The number of carbonyl (C=O) groups is 4. The zero-order valence-corrected chi connectivity index (χ0v) is 40.2. The average molecular weight is 973 g/mol. The van der Waals surface area contributed by atoms with Crippen molar-refractivity contribution in [1.82, 2.24) is 31.1 Å². The van der Waals surface area contributed by atoms with Crippen LogP contribution in [0, 0.1) is 11.8 Å². The highest BCUT2D eigenvalue weighted by Gasteiger charge is 2.48. The van der Waals surface area contributed by atoms with Gasteiger partial charge in [-0.2, -0.15) is 0 Å². The molecule has 4 fully saturated rings. The molecule has 2 saturated heterocycles. The van der Waals surface area contributed by atoms with E-state index >= 15 is 0 Å². The van der Waals surface area contributed by atoms with Crippen molar-refractivity contribution < 1.29 is 46.2 Å². The van der Waals surface area contributed by atoms with Crippen molar-refractivity contribution in [3.05, 3.63) is 71.8 Å². The Balaban J connectivity index is 0.822. The van der Waals surface area contributed by atoms with Crippen molar-refractivity contribution in [2.24, 2.45) is 21.8 Å². The van der Waals surface area contributed by atoms with E-state index in [-0.39, 0.29) is 99.4 Å². The van der Waals surface area contributed by atoms with Gasteiger partial charge in [0.15, 0.2) is 0 Å². The highest BCUT2D eigenvalue weighted by Crippen LogP contribution is 2.41. The number of carbonyl (C=O) groups excluding carboxylic acids is 4. The van der Waals surface area contributed by atoms with Crippen LogP contribution in [-0.2, 0) is 19.1 Å². The predicted molar refractivity (Wildman–Crippen MR) is 257 cm³/mol. The number of hydrogen-bond donors (Lipinski definition) is 4. The molecule has 6 aliphatic rings. The van der Waals surface area contributed by atoms with Crippen LogP contribution in [-0.4, -0.2) is 121 Å². The summed E-state index contributed by atoms with van der Waals surface area (Å²) in [6, 6.07) is 18.0. The zero-order valence-electron chi connectivity index (χ0n) is 40.2. The second-order valence-corrected chi connectivity index (χ2v) is 20.3. The second kappa shape index (κ2) is 20.1. The number of alkyl halides is 4. The van der Waals surface area contributed by atoms with E-state index in [0.29, 0.717) is 37.6 Å². The molecule has 4 heterocycles. The van der Waals surface area contributed by atoms with E-state index in [1.54, 1.807) is 9.80 Å². The minimum atomic E-state index is -2.77. The molecule has 70 heavy (non-hydrogen) atoms. The molecule has 4 N–H and O–H groups in total. The fourth-order valence-corrected chi connectivity index (χ4v) is 11.8. The summed E-state index contributed by atoms with van der Waals surface area (Å²) in [5.74, 6) is -5.59. The molecular weight excluding hydrogens is 909 g/mol. The van der Waals surface area contributed by atoms with E-state index in [9.17, 15) is 36.7 Å². The number of benzene rings is 3. The first-order valence-electron chi connectivity index (χ1n) is 24.9. The van der Waals surface area contributed by atoms with Gasteiger partial charge in [-0.3, -0.25) is 19.6 Å². The summed E-state index contributed by atoms with van der Waals surface area (Å²) in [5, 5.41) is 14.7. The lowest BCUT2D eigenvalue weighted by Crippen LogP contribution is -2.57. The lowest BCUT2D eigenvalue weighted by molar-refractivity contribution is -0.138. The highest BCUT2D eigenvalue weighted by molar-refractivity contribution is 5.97. The number of hydrogen-bond acceptors (Lipinski definition) is 10. The number of methoxy groups -OCH3 is 2. The first-order chi connectivity index (χ1) is 33.5. The monoisotopic (exact) mass is 972 g/mol. The van der Waals surface area contributed by atoms with Crippen LogP contribution in [0.2, 0.25) is 0 Å². The van der Waals surface area contributed by atoms with Crippen molar-refractivity contribution in [3.63, 3.8) is 0 Å². The van der Waals surface area contributed by atoms with Crippen LogP contribution in [0.4, 0.5) is 27.2 Å². The summed E-state index contributed by atoms with van der Waals surface area (Å²) in [6.07, 6.45) is 0.510. The van der Waals surface area contributed by atoms with Crippen molar-refractivity contribution in [3.8, 4) is 11.1 Å². The summed E-state index contributed by atoms with van der Waals surface area (Å²) in [6.45, 7) is 4.91. The number of fused-ring (bicyclic) bond motifs is 1. The number of likely N-dealkylation sites (tertiary alicyclic amines) is 2. The molecule has 2 unspecified atom stereocenters. The number of nitrogens with zero attached hydrogens (tertiary/aromatic N) is 4. The molecule has 3 aromatic carbocycles. The van der Waals surface area contributed by atoms with Crippen LogP contribution in [0.5, 0.6) is 0 Å². The van der Waals surface area contributed by atoms with Crippen LogP contribution in [0.3, 0.4) is 0 Å². The molecular formula is C52H64F4N8O6. The normalized spacial score (nSPS) is 27.5. The minimum Gasteiger partial charge on any atom is -0.453 e. The topological polar surface area (TPSA) is 166 Å². The smallest absolute Gasteiger partial charge is 0.407 e. The summed E-state index contributed by atoms with van der Waals surface area (Å²) >= 11 is 0. The Kier molecular flexibility index (Phi) is 14.1. The minimum absolute atomic E-state index is 0.105. The molecule has 18 heteroatoms. The Morgan fingerprint density at radius 2 is 1.00 bits per heavy atom. The molecule has 9 rings (SSSR count). The SMILES string of the molecule is COC(=O)N[C@H](C(=O)N1[C@@H](C)CC[C@H]1C1=NCC(c2ccc(-c3ccc4cc(C5CN=C([C@@H]6CC[C@H](C)N6C(=O)[C@@H](NC(=O)OC)C6CCC(F)(F)CC6)N5)ccc4c3)cc2)N1)C1CCC(F)(F)CC1. The van der Waals surface area contributed by atoms with Gasteiger partial charge in [0.05, 0.1) is 51.5 Å². The van der Waals surface area contributed by atoms with Gasteiger partial charge in [0.25, 0.3) is 0 Å². The van der Waals surface area contributed by atoms with Crippen LogP contribution in [0.1, 0.15) is 114 Å². The van der Waals surface area contributed by atoms with Gasteiger partial charge in [0.2, 0.25) is 23.7 Å². The fraction of sp³-hybridized carbons (Fsp3) is 0.577. The first kappa shape index (κ1) is 49.1. The Hall–Kier alpha value is -5.94. The fourth-order valence-electron chi connectivity index (χ4n) is 11.8. The zero-order chi connectivity index (χ0) is 49.5. The van der Waals surface area contributed by atoms with Gasteiger partial charge in [0, 0.05) is 37.8 Å². The lowest BCUT2D eigenvalue weighted by atomic mass is 9.81. The van der Waals surface area contributed by atoms with Gasteiger partial charge in [-0.1, -0.05) is 48.5 Å². The number of rotatable bonds is 11. The molecule has 0 radical (unpaired) electrons. The Bertz CT molecular complexity index is 2500. The van der Waals surface area contributed by atoms with Crippen molar-refractivity contribution in [2.75, 3.05) is 27.3 Å². The highest BCUT2D eigenvalue weighted by atomic mass is 19.3. The maximum absolute atomic E-state index is 14.3. The maximum Gasteiger partial charge on any atom is 0.407 e. The van der Waals surface area contributed by atoms with Gasteiger partial charge < -0.3 is 40.5 Å². The Morgan fingerprint density at radius 1 is 0.586 bits per heavy atom. The summed E-state index contributed by atoms with van der Waals surface area (Å²) < 4.78 is 66.1. The summed E-state index contributed by atoms with van der Waals surface area (Å²) in [5.41, 5.74) is 4.20. The van der Waals surface area contributed by atoms with Crippen LogP contribution >= 0.6 is 0 Å². The van der Waals surface area contributed by atoms with Crippen molar-refractivity contribution >= 4 is 46.4 Å². The molecule has 2 aliphatic carbocycles. The van der Waals surface area contributed by atoms with Gasteiger partial charge >= 0.3 is 12.2 Å². The maximum atomic E-state index is 14.3. The molecule has 8 atom stereocenters. The number of nitrogens with one attached hydrogen (secondary N) is 4. The lowest BCUT2D eigenvalue weighted by Gasteiger charge is -2.38. The number of amidine groups is 2. The van der Waals surface area contributed by atoms with E-state index in [2.05, 4.69) is 81.9 Å². The third-order valence-electron chi connectivity index (χ3n) is 15.8. The molecule has 3 aromatic rings. The van der Waals surface area contributed by atoms with E-state index in [4.69, 9.17) is 19.5 Å². The van der Waals surface area contributed by atoms with E-state index in [0.717, 1.165) is 45.9 Å². The van der Waals surface area contributed by atoms with Crippen LogP contribution < -0.4 is 21.3 Å². The van der Waals surface area contributed by atoms with Crippen molar-refractivity contribution in [1.29, 1.82) is 0 Å².